The second kappa shape index (κ2) is 15.3. The summed E-state index contributed by atoms with van der Waals surface area (Å²) in [5.74, 6) is 2.76. The van der Waals surface area contributed by atoms with Crippen LogP contribution in [0.25, 0.3) is 54.2 Å². The Morgan fingerprint density at radius 2 is 1.14 bits per heavy atom. The molecule has 0 saturated heterocycles. The fourth-order valence-corrected chi connectivity index (χ4v) is 10.9. The number of aryl methyl sites for hydroxylation is 1. The number of anilines is 5. The van der Waals surface area contributed by atoms with Gasteiger partial charge < -0.3 is 19.7 Å². The van der Waals surface area contributed by atoms with Gasteiger partial charge in [0.2, 0.25) is 7.28 Å². The van der Waals surface area contributed by atoms with Crippen molar-refractivity contribution in [1.29, 1.82) is 0 Å². The zero-order valence-electron chi connectivity index (χ0n) is 36.8. The maximum atomic E-state index is 6.66. The van der Waals surface area contributed by atoms with Crippen molar-refractivity contribution in [2.75, 3.05) is 10.2 Å². The summed E-state index contributed by atoms with van der Waals surface area (Å²) in [6.45, 7) is 9.12. The second-order valence-electron chi connectivity index (χ2n) is 18.3. The SMILES string of the molecule is Cc1cc(-c2cc3c(cc2Nc2ccc(-c4ccccc4)cc2)Oc2ccccc2O3)c2c(c1)N(c1ccc(C(C)(C)C)cc1-c1ccccc1)c1sc3cc4ccccc4cc3c1B2. The molecule has 9 aromatic carbocycles. The molecule has 312 valence electrons. The van der Waals surface area contributed by atoms with Crippen LogP contribution in [-0.4, -0.2) is 7.28 Å². The molecular formula is C59H45BN2O2S. The van der Waals surface area contributed by atoms with Crippen molar-refractivity contribution in [3.05, 3.63) is 199 Å². The van der Waals surface area contributed by atoms with E-state index in [2.05, 4.69) is 202 Å². The summed E-state index contributed by atoms with van der Waals surface area (Å²) in [7, 11) is 0.762. The summed E-state index contributed by atoms with van der Waals surface area (Å²) in [6, 6.07) is 67.6. The van der Waals surface area contributed by atoms with Crippen LogP contribution in [0, 0.1) is 6.92 Å². The highest BCUT2D eigenvalue weighted by Crippen LogP contribution is 2.52. The lowest BCUT2D eigenvalue weighted by Gasteiger charge is -2.35. The summed E-state index contributed by atoms with van der Waals surface area (Å²) in [5.41, 5.74) is 16.2. The molecule has 0 atom stereocenters. The van der Waals surface area contributed by atoms with E-state index in [1.54, 1.807) is 0 Å². The van der Waals surface area contributed by atoms with Gasteiger partial charge in [0.25, 0.3) is 0 Å². The quantitative estimate of drug-likeness (QED) is 0.169. The first-order chi connectivity index (χ1) is 31.7. The molecule has 0 amide bonds. The fraction of sp³-hybridized carbons (Fsp3) is 0.0847. The monoisotopic (exact) mass is 856 g/mol. The number of nitrogens with one attached hydrogen (secondary N) is 1. The molecule has 10 aromatic rings. The first-order valence-corrected chi connectivity index (χ1v) is 23.2. The van der Waals surface area contributed by atoms with Crippen molar-refractivity contribution in [2.45, 2.75) is 33.1 Å². The van der Waals surface area contributed by atoms with Crippen LogP contribution in [0.5, 0.6) is 23.0 Å². The Bertz CT molecular complexity index is 3480. The van der Waals surface area contributed by atoms with E-state index in [1.165, 1.54) is 75.9 Å². The van der Waals surface area contributed by atoms with Crippen LogP contribution in [0.15, 0.2) is 188 Å². The largest absolute Gasteiger partial charge is 0.449 e. The molecule has 2 aliphatic rings. The number of hydrogen-bond acceptors (Lipinski definition) is 5. The maximum absolute atomic E-state index is 6.66. The number of nitrogens with zero attached hydrogens (tertiary/aromatic N) is 1. The van der Waals surface area contributed by atoms with Gasteiger partial charge in [-0.1, -0.05) is 142 Å². The molecular weight excluding hydrogens is 812 g/mol. The molecule has 6 heteroatoms. The third kappa shape index (κ3) is 6.93. The maximum Gasteiger partial charge on any atom is 0.200 e. The van der Waals surface area contributed by atoms with Crippen LogP contribution in [0.4, 0.5) is 27.8 Å². The van der Waals surface area contributed by atoms with E-state index in [4.69, 9.17) is 9.47 Å². The fourth-order valence-electron chi connectivity index (χ4n) is 9.60. The summed E-state index contributed by atoms with van der Waals surface area (Å²) in [4.78, 5) is 2.57. The number of thiophene rings is 1. The number of fused-ring (bicyclic) bond motifs is 7. The van der Waals surface area contributed by atoms with Crippen LogP contribution < -0.4 is 30.6 Å². The Labute approximate surface area is 384 Å². The summed E-state index contributed by atoms with van der Waals surface area (Å²) >= 11 is 1.90. The minimum Gasteiger partial charge on any atom is -0.449 e. The highest BCUT2D eigenvalue weighted by Gasteiger charge is 2.34. The molecule has 2 aliphatic heterocycles. The molecule has 65 heavy (non-hydrogen) atoms. The van der Waals surface area contributed by atoms with Crippen molar-refractivity contribution < 1.29 is 9.47 Å². The van der Waals surface area contributed by atoms with Crippen molar-refractivity contribution in [3.63, 3.8) is 0 Å². The third-order valence-electron chi connectivity index (χ3n) is 12.9. The number of hydrogen-bond donors (Lipinski definition) is 1. The number of ether oxygens (including phenoxy) is 2. The van der Waals surface area contributed by atoms with Gasteiger partial charge in [0.1, 0.15) is 0 Å². The van der Waals surface area contributed by atoms with Gasteiger partial charge in [-0.3, -0.25) is 0 Å². The first kappa shape index (κ1) is 39.1. The normalized spacial score (nSPS) is 12.6. The Hall–Kier alpha value is -7.54. The van der Waals surface area contributed by atoms with Crippen LogP contribution >= 0.6 is 11.3 Å². The average Bonchev–Trinajstić information content (AvgIpc) is 3.68. The Morgan fingerprint density at radius 3 is 1.85 bits per heavy atom. The highest BCUT2D eigenvalue weighted by molar-refractivity contribution is 7.25. The molecule has 0 spiro atoms. The van der Waals surface area contributed by atoms with Gasteiger partial charge in [-0.05, 0) is 133 Å². The molecule has 12 rings (SSSR count). The topological polar surface area (TPSA) is 33.7 Å². The summed E-state index contributed by atoms with van der Waals surface area (Å²) in [5, 5.41) is 8.92. The minimum absolute atomic E-state index is 0.0292. The van der Waals surface area contributed by atoms with Gasteiger partial charge in [-0.25, -0.2) is 0 Å². The number of benzene rings is 9. The van der Waals surface area contributed by atoms with E-state index in [9.17, 15) is 0 Å². The molecule has 0 aliphatic carbocycles. The summed E-state index contributed by atoms with van der Waals surface area (Å²) in [6.07, 6.45) is 0. The van der Waals surface area contributed by atoms with Crippen LogP contribution in [0.2, 0.25) is 0 Å². The number of rotatable bonds is 6. The van der Waals surface area contributed by atoms with Crippen molar-refractivity contribution in [3.8, 4) is 56.4 Å². The standard InChI is InChI=1S/C59H45BN2O2S/c1-36-29-46(45-34-53-54(64-52-22-14-13-21-51(52)63-53)35-48(45)61-43-26-23-38(24-27-43)37-15-7-5-8-16-37)56-50(30-36)62(49-28-25-42(59(2,3)4)33-44(49)39-17-9-6-10-18-39)58-57(60-56)47-31-40-19-11-12-20-41(40)32-55(47)65-58/h5-35,60-61H,1-4H3. The van der Waals surface area contributed by atoms with E-state index in [0.29, 0.717) is 23.0 Å². The van der Waals surface area contributed by atoms with Gasteiger partial charge in [0, 0.05) is 33.3 Å². The van der Waals surface area contributed by atoms with Crippen LogP contribution in [-0.2, 0) is 5.41 Å². The average molecular weight is 857 g/mol. The van der Waals surface area contributed by atoms with E-state index in [1.807, 2.05) is 35.6 Å². The van der Waals surface area contributed by atoms with Gasteiger partial charge in [-0.15, -0.1) is 11.3 Å². The van der Waals surface area contributed by atoms with Crippen LogP contribution in [0.3, 0.4) is 0 Å². The molecule has 1 aromatic heterocycles. The zero-order chi connectivity index (χ0) is 43.8. The molecule has 0 saturated carbocycles. The lowest BCUT2D eigenvalue weighted by atomic mass is 9.58. The lowest BCUT2D eigenvalue weighted by Crippen LogP contribution is -2.40. The Balaban J connectivity index is 1.09. The highest BCUT2D eigenvalue weighted by atomic mass is 32.1. The van der Waals surface area contributed by atoms with E-state index in [-0.39, 0.29) is 5.41 Å². The molecule has 0 fully saturated rings. The van der Waals surface area contributed by atoms with Crippen LogP contribution in [0.1, 0.15) is 31.9 Å². The van der Waals surface area contributed by atoms with Gasteiger partial charge in [0.15, 0.2) is 23.0 Å². The molecule has 1 N–H and O–H groups in total. The lowest BCUT2D eigenvalue weighted by molar-refractivity contribution is 0.360. The van der Waals surface area contributed by atoms with Crippen molar-refractivity contribution >= 4 is 78.2 Å². The second-order valence-corrected chi connectivity index (χ2v) is 19.3. The van der Waals surface area contributed by atoms with Gasteiger partial charge in [0.05, 0.1) is 16.4 Å². The van der Waals surface area contributed by atoms with E-state index >= 15 is 0 Å². The molecule has 3 heterocycles. The Morgan fingerprint density at radius 1 is 0.508 bits per heavy atom. The predicted octanol–water partition coefficient (Wildman–Crippen LogP) is 15.5. The molecule has 4 nitrogen and oxygen atoms in total. The van der Waals surface area contributed by atoms with Crippen molar-refractivity contribution in [1.82, 2.24) is 0 Å². The Kier molecular flexibility index (Phi) is 9.22. The number of para-hydroxylation sites is 2. The van der Waals surface area contributed by atoms with E-state index < -0.39 is 0 Å². The van der Waals surface area contributed by atoms with Gasteiger partial charge >= 0.3 is 0 Å². The molecule has 0 unspecified atom stereocenters. The zero-order valence-corrected chi connectivity index (χ0v) is 37.6. The smallest absolute Gasteiger partial charge is 0.200 e. The molecule has 0 radical (unpaired) electrons. The third-order valence-corrected chi connectivity index (χ3v) is 14.1. The summed E-state index contributed by atoms with van der Waals surface area (Å²) < 4.78 is 14.5. The molecule has 0 bridgehead atoms. The van der Waals surface area contributed by atoms with E-state index in [0.717, 1.165) is 35.5 Å². The van der Waals surface area contributed by atoms with Gasteiger partial charge in [-0.2, -0.15) is 0 Å². The first-order valence-electron chi connectivity index (χ1n) is 22.4. The minimum atomic E-state index is -0.0292. The predicted molar refractivity (Wildman–Crippen MR) is 276 cm³/mol. The van der Waals surface area contributed by atoms with Crippen molar-refractivity contribution in [2.24, 2.45) is 0 Å².